The maximum Gasteiger partial charge on any atom is 0.259 e. The molecule has 1 aliphatic rings. The van der Waals surface area contributed by atoms with Crippen LogP contribution in [0.15, 0.2) is 53.6 Å². The van der Waals surface area contributed by atoms with Gasteiger partial charge in [0, 0.05) is 0 Å². The fourth-order valence-corrected chi connectivity index (χ4v) is 3.28. The number of thioether (sulfide) groups is 1. The minimum Gasteiger partial charge on any atom is -0.490 e. The van der Waals surface area contributed by atoms with E-state index in [1.54, 1.807) is 6.21 Å². The fraction of sp³-hybridized carbons (Fsp3) is 0.211. The van der Waals surface area contributed by atoms with Gasteiger partial charge in [0.25, 0.3) is 5.91 Å². The Labute approximate surface area is 162 Å². The number of rotatable bonds is 7. The van der Waals surface area contributed by atoms with Crippen LogP contribution in [0.1, 0.15) is 18.1 Å². The maximum atomic E-state index is 11.7. The minimum atomic E-state index is -0.107. The number of hydrazone groups is 1. The predicted octanol–water partition coefficient (Wildman–Crippen LogP) is 3.86. The van der Waals surface area contributed by atoms with Gasteiger partial charge < -0.3 is 9.47 Å². The molecule has 0 spiro atoms. The Balaban J connectivity index is 1.73. The summed E-state index contributed by atoms with van der Waals surface area (Å²) in [6.07, 6.45) is 1.60. The molecule has 2 aromatic rings. The zero-order valence-corrected chi connectivity index (χ0v) is 15.9. The monoisotopic (exact) mass is 386 g/mol. The van der Waals surface area contributed by atoms with Crippen LogP contribution in [0, 0.1) is 0 Å². The molecule has 1 amide bonds. The molecule has 0 bridgehead atoms. The highest BCUT2D eigenvalue weighted by Crippen LogP contribution is 2.29. The van der Waals surface area contributed by atoms with Gasteiger partial charge in [-0.15, -0.1) is 0 Å². The summed E-state index contributed by atoms with van der Waals surface area (Å²) in [5.74, 6) is 1.53. The van der Waals surface area contributed by atoms with E-state index >= 15 is 0 Å². The third-order valence-corrected chi connectivity index (χ3v) is 4.89. The Bertz CT molecular complexity index is 809. The summed E-state index contributed by atoms with van der Waals surface area (Å²) in [6.45, 7) is 2.90. The molecule has 5 nitrogen and oxygen atoms in total. The van der Waals surface area contributed by atoms with Crippen molar-refractivity contribution in [2.45, 2.75) is 13.5 Å². The lowest BCUT2D eigenvalue weighted by molar-refractivity contribution is -0.123. The first-order chi connectivity index (χ1) is 12.7. The first-order valence-electron chi connectivity index (χ1n) is 8.14. The molecule has 0 saturated carbocycles. The lowest BCUT2D eigenvalue weighted by atomic mass is 10.2. The number of amides is 1. The van der Waals surface area contributed by atoms with E-state index < -0.39 is 0 Å². The molecule has 0 aromatic heterocycles. The number of thiocarbonyl (C=S) groups is 1. The Morgan fingerprint density at radius 2 is 2.00 bits per heavy atom. The van der Waals surface area contributed by atoms with Crippen molar-refractivity contribution in [3.05, 3.63) is 59.7 Å². The van der Waals surface area contributed by atoms with Gasteiger partial charge in [-0.3, -0.25) is 4.79 Å². The number of nitrogens with zero attached hydrogens (tertiary/aromatic N) is 2. The normalized spacial score (nSPS) is 14.3. The highest BCUT2D eigenvalue weighted by molar-refractivity contribution is 8.23. The van der Waals surface area contributed by atoms with Gasteiger partial charge in [0.05, 0.1) is 18.6 Å². The van der Waals surface area contributed by atoms with E-state index in [-0.39, 0.29) is 5.91 Å². The van der Waals surface area contributed by atoms with Crippen LogP contribution in [0.4, 0.5) is 0 Å². The predicted molar refractivity (Wildman–Crippen MR) is 108 cm³/mol. The van der Waals surface area contributed by atoms with E-state index in [4.69, 9.17) is 21.7 Å². The molecule has 0 radical (unpaired) electrons. The van der Waals surface area contributed by atoms with Crippen LogP contribution >= 0.6 is 24.0 Å². The van der Waals surface area contributed by atoms with Gasteiger partial charge in [0.2, 0.25) is 0 Å². The van der Waals surface area contributed by atoms with Crippen LogP contribution in [0.3, 0.4) is 0 Å². The van der Waals surface area contributed by atoms with Crippen molar-refractivity contribution in [3.63, 3.8) is 0 Å². The molecule has 134 valence electrons. The van der Waals surface area contributed by atoms with Gasteiger partial charge in [-0.1, -0.05) is 54.3 Å². The first-order valence-corrected chi connectivity index (χ1v) is 9.54. The van der Waals surface area contributed by atoms with Gasteiger partial charge >= 0.3 is 0 Å². The summed E-state index contributed by atoms with van der Waals surface area (Å²) < 4.78 is 12.0. The van der Waals surface area contributed by atoms with Gasteiger partial charge in [0.15, 0.2) is 15.8 Å². The van der Waals surface area contributed by atoms with Crippen LogP contribution < -0.4 is 9.47 Å². The Hall–Kier alpha value is -2.38. The molecule has 0 aliphatic carbocycles. The van der Waals surface area contributed by atoms with Gasteiger partial charge in [-0.05, 0) is 36.2 Å². The Morgan fingerprint density at radius 3 is 2.69 bits per heavy atom. The standard InChI is InChI=1S/C19H18N2O3S2/c1-2-23-17-10-15(11-20-21-18(22)13-26-19(21)25)8-9-16(17)24-12-14-6-4-3-5-7-14/h3-11H,2,12-13H2,1H3/b20-11+. The fourth-order valence-electron chi connectivity index (χ4n) is 2.31. The SMILES string of the molecule is CCOc1cc(/C=N/N2C(=O)CSC2=S)ccc1OCc1ccccc1. The van der Waals surface area contributed by atoms with Gasteiger partial charge in [-0.25, -0.2) is 0 Å². The number of hydrogen-bond acceptors (Lipinski definition) is 6. The molecule has 1 fully saturated rings. The maximum absolute atomic E-state index is 11.7. The molecule has 2 aromatic carbocycles. The summed E-state index contributed by atoms with van der Waals surface area (Å²) in [5.41, 5.74) is 1.88. The Kier molecular flexibility index (Phi) is 6.25. The molecule has 1 heterocycles. The molecule has 1 saturated heterocycles. The minimum absolute atomic E-state index is 0.107. The molecule has 0 N–H and O–H groups in total. The van der Waals surface area contributed by atoms with Crippen molar-refractivity contribution in [2.75, 3.05) is 12.4 Å². The molecule has 1 aliphatic heterocycles. The highest BCUT2D eigenvalue weighted by Gasteiger charge is 2.25. The van der Waals surface area contributed by atoms with Crippen molar-refractivity contribution in [1.29, 1.82) is 0 Å². The average Bonchev–Trinajstić information content (AvgIpc) is 2.98. The zero-order chi connectivity index (χ0) is 18.4. The average molecular weight is 386 g/mol. The van der Waals surface area contributed by atoms with E-state index in [0.29, 0.717) is 34.8 Å². The van der Waals surface area contributed by atoms with E-state index in [1.165, 1.54) is 16.8 Å². The molecular formula is C19H18N2O3S2. The van der Waals surface area contributed by atoms with Crippen molar-refractivity contribution in [2.24, 2.45) is 5.10 Å². The first kappa shape index (κ1) is 18.4. The van der Waals surface area contributed by atoms with Crippen LogP contribution in [-0.2, 0) is 11.4 Å². The van der Waals surface area contributed by atoms with E-state index in [2.05, 4.69) is 5.10 Å². The number of carbonyl (C=O) groups is 1. The topological polar surface area (TPSA) is 51.1 Å². The summed E-state index contributed by atoms with van der Waals surface area (Å²) in [6, 6.07) is 15.5. The second-order valence-corrected chi connectivity index (χ2v) is 7.03. The summed E-state index contributed by atoms with van der Waals surface area (Å²) >= 11 is 6.43. The summed E-state index contributed by atoms with van der Waals surface area (Å²) in [7, 11) is 0. The second kappa shape index (κ2) is 8.82. The Morgan fingerprint density at radius 1 is 1.19 bits per heavy atom. The number of carbonyl (C=O) groups excluding carboxylic acids is 1. The molecule has 3 rings (SSSR count). The quantitative estimate of drug-likeness (QED) is 0.534. The lowest BCUT2D eigenvalue weighted by Crippen LogP contribution is -2.22. The van der Waals surface area contributed by atoms with Crippen molar-refractivity contribution < 1.29 is 14.3 Å². The van der Waals surface area contributed by atoms with E-state index in [0.717, 1.165) is 11.1 Å². The van der Waals surface area contributed by atoms with Crippen molar-refractivity contribution in [1.82, 2.24) is 5.01 Å². The third kappa shape index (κ3) is 4.62. The molecule has 0 atom stereocenters. The van der Waals surface area contributed by atoms with Crippen molar-refractivity contribution in [3.8, 4) is 11.5 Å². The number of benzene rings is 2. The molecular weight excluding hydrogens is 368 g/mol. The highest BCUT2D eigenvalue weighted by atomic mass is 32.2. The smallest absolute Gasteiger partial charge is 0.259 e. The number of hydrogen-bond donors (Lipinski definition) is 0. The van der Waals surface area contributed by atoms with Crippen molar-refractivity contribution >= 4 is 40.4 Å². The van der Waals surface area contributed by atoms with Crippen LogP contribution in [-0.4, -0.2) is 33.8 Å². The molecule has 26 heavy (non-hydrogen) atoms. The summed E-state index contributed by atoms with van der Waals surface area (Å²) in [4.78, 5) is 11.7. The van der Waals surface area contributed by atoms with Gasteiger partial charge in [0.1, 0.15) is 6.61 Å². The molecule has 0 unspecified atom stereocenters. The van der Waals surface area contributed by atoms with Crippen LogP contribution in [0.2, 0.25) is 0 Å². The molecule has 7 heteroatoms. The second-order valence-electron chi connectivity index (χ2n) is 5.42. The van der Waals surface area contributed by atoms with E-state index in [9.17, 15) is 4.79 Å². The van der Waals surface area contributed by atoms with Crippen LogP contribution in [0.5, 0.6) is 11.5 Å². The largest absolute Gasteiger partial charge is 0.490 e. The van der Waals surface area contributed by atoms with Crippen LogP contribution in [0.25, 0.3) is 0 Å². The third-order valence-electron chi connectivity index (χ3n) is 3.56. The summed E-state index contributed by atoms with van der Waals surface area (Å²) in [5, 5.41) is 5.43. The zero-order valence-electron chi connectivity index (χ0n) is 14.3. The van der Waals surface area contributed by atoms with E-state index in [1.807, 2.05) is 55.5 Å². The van der Waals surface area contributed by atoms with Gasteiger partial charge in [-0.2, -0.15) is 10.1 Å². The number of ether oxygens (including phenoxy) is 2. The lowest BCUT2D eigenvalue weighted by Gasteiger charge is -2.13.